The number of pyridine rings is 1. The number of aromatic nitrogens is 1. The fraction of sp³-hybridized carbons (Fsp3) is 0.333. The van der Waals surface area contributed by atoms with Crippen LogP contribution in [0, 0.1) is 13.8 Å². The Labute approximate surface area is 135 Å². The standard InChI is InChI=1S/C18H21N3O2/c1-12-7-19-16(13(2)18(12)23)8-20-17(22)11-21-9-14-5-3-4-6-15(14)10-21/h3-7H,8-11H2,1-2H3,(H,19,23)(H,20,22). The summed E-state index contributed by atoms with van der Waals surface area (Å²) >= 11 is 0. The van der Waals surface area contributed by atoms with Crippen molar-refractivity contribution >= 4 is 5.91 Å². The summed E-state index contributed by atoms with van der Waals surface area (Å²) in [6.07, 6.45) is 1.69. The third kappa shape index (κ3) is 3.35. The Morgan fingerprint density at radius 2 is 1.87 bits per heavy atom. The topological polar surface area (TPSA) is 65.2 Å². The van der Waals surface area contributed by atoms with Crippen molar-refractivity contribution in [3.63, 3.8) is 0 Å². The molecular weight excluding hydrogens is 290 g/mol. The van der Waals surface area contributed by atoms with Crippen LogP contribution >= 0.6 is 0 Å². The SMILES string of the molecule is Cc1c[nH]c(CNC(=O)CN2Cc3ccccc3C2)c(C)c1=O. The monoisotopic (exact) mass is 311 g/mol. The normalized spacial score (nSPS) is 13.8. The van der Waals surface area contributed by atoms with Gasteiger partial charge in [-0.05, 0) is 25.0 Å². The van der Waals surface area contributed by atoms with Crippen molar-refractivity contribution in [3.05, 3.63) is 68.6 Å². The Kier molecular flexibility index (Phi) is 4.30. The zero-order valence-electron chi connectivity index (χ0n) is 13.5. The van der Waals surface area contributed by atoms with E-state index in [1.165, 1.54) is 11.1 Å². The van der Waals surface area contributed by atoms with Crippen molar-refractivity contribution in [1.29, 1.82) is 0 Å². The summed E-state index contributed by atoms with van der Waals surface area (Å²) in [6, 6.07) is 8.26. The minimum absolute atomic E-state index is 0.0290. The number of nitrogens with one attached hydrogen (secondary N) is 2. The van der Waals surface area contributed by atoms with Crippen molar-refractivity contribution in [2.24, 2.45) is 0 Å². The number of hydrogen-bond acceptors (Lipinski definition) is 3. The van der Waals surface area contributed by atoms with E-state index in [1.54, 1.807) is 20.0 Å². The summed E-state index contributed by atoms with van der Waals surface area (Å²) in [7, 11) is 0. The summed E-state index contributed by atoms with van der Waals surface area (Å²) in [5.41, 5.74) is 4.73. The first-order valence-corrected chi connectivity index (χ1v) is 7.78. The van der Waals surface area contributed by atoms with Gasteiger partial charge in [-0.1, -0.05) is 24.3 Å². The molecule has 0 bridgehead atoms. The van der Waals surface area contributed by atoms with Crippen LogP contribution in [0.4, 0.5) is 0 Å². The summed E-state index contributed by atoms with van der Waals surface area (Å²) < 4.78 is 0. The van der Waals surface area contributed by atoms with E-state index in [0.717, 1.165) is 18.8 Å². The summed E-state index contributed by atoms with van der Waals surface area (Å²) in [4.78, 5) is 29.2. The summed E-state index contributed by atoms with van der Waals surface area (Å²) in [6.45, 7) is 5.89. The third-order valence-electron chi connectivity index (χ3n) is 4.35. The molecule has 0 fully saturated rings. The van der Waals surface area contributed by atoms with Gasteiger partial charge in [0.05, 0.1) is 13.1 Å². The van der Waals surface area contributed by atoms with Gasteiger partial charge in [0, 0.05) is 36.1 Å². The van der Waals surface area contributed by atoms with Gasteiger partial charge < -0.3 is 10.3 Å². The smallest absolute Gasteiger partial charge is 0.234 e. The summed E-state index contributed by atoms with van der Waals surface area (Å²) in [5.74, 6) is -0.0290. The molecule has 2 aromatic rings. The number of aryl methyl sites for hydroxylation is 1. The van der Waals surface area contributed by atoms with Crippen LogP contribution in [0.1, 0.15) is 27.9 Å². The van der Waals surface area contributed by atoms with Crippen LogP contribution in [0.25, 0.3) is 0 Å². The lowest BCUT2D eigenvalue weighted by atomic mass is 10.1. The molecule has 1 amide bonds. The first kappa shape index (κ1) is 15.5. The van der Waals surface area contributed by atoms with Crippen LogP contribution in [0.5, 0.6) is 0 Å². The molecule has 0 aliphatic carbocycles. The maximum absolute atomic E-state index is 12.1. The van der Waals surface area contributed by atoms with Gasteiger partial charge in [0.25, 0.3) is 0 Å². The number of H-pyrrole nitrogens is 1. The van der Waals surface area contributed by atoms with Gasteiger partial charge in [0.15, 0.2) is 5.43 Å². The van der Waals surface area contributed by atoms with Crippen molar-refractivity contribution in [3.8, 4) is 0 Å². The molecular formula is C18H21N3O2. The van der Waals surface area contributed by atoms with E-state index in [4.69, 9.17) is 0 Å². The van der Waals surface area contributed by atoms with E-state index in [0.29, 0.717) is 24.2 Å². The molecule has 0 atom stereocenters. The highest BCUT2D eigenvalue weighted by atomic mass is 16.2. The highest BCUT2D eigenvalue weighted by molar-refractivity contribution is 5.78. The molecule has 1 aromatic heterocycles. The molecule has 0 saturated carbocycles. The molecule has 1 aliphatic heterocycles. The predicted molar refractivity (Wildman–Crippen MR) is 88.9 cm³/mol. The molecule has 3 rings (SSSR count). The molecule has 1 aliphatic rings. The maximum atomic E-state index is 12.1. The lowest BCUT2D eigenvalue weighted by molar-refractivity contribution is -0.122. The molecule has 1 aromatic carbocycles. The second-order valence-corrected chi connectivity index (χ2v) is 6.09. The molecule has 0 radical (unpaired) electrons. The van der Waals surface area contributed by atoms with Gasteiger partial charge in [-0.15, -0.1) is 0 Å². The average molecular weight is 311 g/mol. The van der Waals surface area contributed by atoms with Gasteiger partial charge >= 0.3 is 0 Å². The number of benzene rings is 1. The number of carbonyl (C=O) groups excluding carboxylic acids is 1. The quantitative estimate of drug-likeness (QED) is 0.902. The van der Waals surface area contributed by atoms with Crippen molar-refractivity contribution in [2.45, 2.75) is 33.5 Å². The maximum Gasteiger partial charge on any atom is 0.234 e. The minimum Gasteiger partial charge on any atom is -0.363 e. The second kappa shape index (κ2) is 6.38. The Bertz CT molecular complexity index is 770. The van der Waals surface area contributed by atoms with Crippen LogP contribution in [0.15, 0.2) is 35.3 Å². The van der Waals surface area contributed by atoms with Gasteiger partial charge in [0.1, 0.15) is 0 Å². The Morgan fingerprint density at radius 1 is 1.22 bits per heavy atom. The highest BCUT2D eigenvalue weighted by Gasteiger charge is 2.20. The Hall–Kier alpha value is -2.40. The van der Waals surface area contributed by atoms with E-state index in [-0.39, 0.29) is 11.3 Å². The Balaban J connectivity index is 1.55. The number of carbonyl (C=O) groups is 1. The molecule has 120 valence electrons. The number of nitrogens with zero attached hydrogens (tertiary/aromatic N) is 1. The van der Waals surface area contributed by atoms with Crippen LogP contribution < -0.4 is 10.7 Å². The molecule has 5 heteroatoms. The van der Waals surface area contributed by atoms with Gasteiger partial charge in [-0.25, -0.2) is 0 Å². The lowest BCUT2D eigenvalue weighted by Crippen LogP contribution is -2.35. The van der Waals surface area contributed by atoms with E-state index >= 15 is 0 Å². The minimum atomic E-state index is -0.0290. The van der Waals surface area contributed by atoms with Crippen molar-refractivity contribution < 1.29 is 4.79 Å². The van der Waals surface area contributed by atoms with Gasteiger partial charge in [-0.2, -0.15) is 0 Å². The fourth-order valence-corrected chi connectivity index (χ4v) is 2.95. The lowest BCUT2D eigenvalue weighted by Gasteiger charge is -2.15. The van der Waals surface area contributed by atoms with Crippen LogP contribution in [-0.2, 0) is 24.4 Å². The van der Waals surface area contributed by atoms with Crippen molar-refractivity contribution in [1.82, 2.24) is 15.2 Å². The van der Waals surface area contributed by atoms with E-state index in [1.807, 2.05) is 12.1 Å². The molecule has 2 heterocycles. The zero-order chi connectivity index (χ0) is 16.4. The first-order chi connectivity index (χ1) is 11.0. The molecule has 23 heavy (non-hydrogen) atoms. The average Bonchev–Trinajstić information content (AvgIpc) is 2.94. The van der Waals surface area contributed by atoms with E-state index < -0.39 is 0 Å². The number of fused-ring (bicyclic) bond motifs is 1. The number of amides is 1. The molecule has 0 spiro atoms. The van der Waals surface area contributed by atoms with Crippen LogP contribution in [0.2, 0.25) is 0 Å². The number of rotatable bonds is 4. The number of aromatic amines is 1. The van der Waals surface area contributed by atoms with Crippen LogP contribution in [0.3, 0.4) is 0 Å². The summed E-state index contributed by atoms with van der Waals surface area (Å²) in [5, 5.41) is 2.89. The van der Waals surface area contributed by atoms with E-state index in [2.05, 4.69) is 27.3 Å². The molecule has 2 N–H and O–H groups in total. The van der Waals surface area contributed by atoms with Crippen molar-refractivity contribution in [2.75, 3.05) is 6.54 Å². The molecule has 5 nitrogen and oxygen atoms in total. The zero-order valence-corrected chi connectivity index (χ0v) is 13.5. The largest absolute Gasteiger partial charge is 0.363 e. The first-order valence-electron chi connectivity index (χ1n) is 7.78. The van der Waals surface area contributed by atoms with Gasteiger partial charge in [-0.3, -0.25) is 14.5 Å². The second-order valence-electron chi connectivity index (χ2n) is 6.09. The van der Waals surface area contributed by atoms with E-state index in [9.17, 15) is 9.59 Å². The Morgan fingerprint density at radius 3 is 2.52 bits per heavy atom. The highest BCUT2D eigenvalue weighted by Crippen LogP contribution is 2.21. The predicted octanol–water partition coefficient (Wildman–Crippen LogP) is 1.62. The van der Waals surface area contributed by atoms with Gasteiger partial charge in [0.2, 0.25) is 5.91 Å². The molecule has 0 saturated heterocycles. The molecule has 0 unspecified atom stereocenters. The number of hydrogen-bond donors (Lipinski definition) is 2. The third-order valence-corrected chi connectivity index (χ3v) is 4.35. The fourth-order valence-electron chi connectivity index (χ4n) is 2.95. The van der Waals surface area contributed by atoms with Crippen LogP contribution in [-0.4, -0.2) is 22.3 Å².